The second kappa shape index (κ2) is 6.93. The van der Waals surface area contributed by atoms with Crippen LogP contribution >= 0.6 is 0 Å². The largest absolute Gasteiger partial charge is 0.464 e. The fourth-order valence-corrected chi connectivity index (χ4v) is 1.41. The number of anilines is 1. The summed E-state index contributed by atoms with van der Waals surface area (Å²) in [6.07, 6.45) is 2.53. The zero-order valence-electron chi connectivity index (χ0n) is 11.5. The van der Waals surface area contributed by atoms with E-state index in [2.05, 4.69) is 20.0 Å². The number of nitrogens with one attached hydrogen (secondary N) is 1. The Bertz CT molecular complexity index is 403. The number of carbonyl (C=O) groups excluding carboxylic acids is 1. The van der Waals surface area contributed by atoms with Crippen molar-refractivity contribution in [1.29, 1.82) is 0 Å². The quantitative estimate of drug-likeness (QED) is 0.832. The second-order valence-electron chi connectivity index (χ2n) is 4.03. The van der Waals surface area contributed by atoms with E-state index in [0.29, 0.717) is 11.6 Å². The molecular formula is C13H21N3O2. The van der Waals surface area contributed by atoms with Crippen molar-refractivity contribution in [3.8, 4) is 0 Å². The van der Waals surface area contributed by atoms with Gasteiger partial charge in [0.1, 0.15) is 0 Å². The van der Waals surface area contributed by atoms with E-state index in [4.69, 9.17) is 0 Å². The number of nitrogens with zero attached hydrogens (tertiary/aromatic N) is 2. The summed E-state index contributed by atoms with van der Waals surface area (Å²) in [6.45, 7) is 6.71. The topological polar surface area (TPSA) is 64.1 Å². The number of aromatic nitrogens is 2. The van der Waals surface area contributed by atoms with Crippen LogP contribution in [-0.4, -0.2) is 29.6 Å². The third kappa shape index (κ3) is 4.31. The molecule has 1 aromatic heterocycles. The highest BCUT2D eigenvalue weighted by atomic mass is 16.5. The van der Waals surface area contributed by atoms with E-state index in [-0.39, 0.29) is 0 Å². The van der Waals surface area contributed by atoms with Crippen molar-refractivity contribution < 1.29 is 9.53 Å². The lowest BCUT2D eigenvalue weighted by molar-refractivity contribution is 0.0594. The Morgan fingerprint density at radius 1 is 1.44 bits per heavy atom. The summed E-state index contributed by atoms with van der Waals surface area (Å²) in [5, 5.41) is 3.14. The summed E-state index contributed by atoms with van der Waals surface area (Å²) in [5.74, 6) is 0.818. The lowest BCUT2D eigenvalue weighted by atomic mass is 10.3. The van der Waals surface area contributed by atoms with Gasteiger partial charge in [0.05, 0.1) is 7.11 Å². The molecule has 0 amide bonds. The molecule has 1 saturated carbocycles. The Morgan fingerprint density at radius 2 is 2.11 bits per heavy atom. The average molecular weight is 251 g/mol. The number of rotatable bonds is 4. The molecule has 0 unspecified atom stereocenters. The van der Waals surface area contributed by atoms with Gasteiger partial charge in [0.2, 0.25) is 5.95 Å². The van der Waals surface area contributed by atoms with Crippen molar-refractivity contribution in [2.45, 2.75) is 33.6 Å². The molecule has 0 atom stereocenters. The molecule has 0 bridgehead atoms. The van der Waals surface area contributed by atoms with E-state index in [1.807, 2.05) is 20.8 Å². The second-order valence-corrected chi connectivity index (χ2v) is 4.03. The Morgan fingerprint density at radius 3 is 2.67 bits per heavy atom. The number of hydrogen-bond acceptors (Lipinski definition) is 5. The van der Waals surface area contributed by atoms with Gasteiger partial charge in [-0.2, -0.15) is 0 Å². The summed E-state index contributed by atoms with van der Waals surface area (Å²) in [7, 11) is 1.34. The van der Waals surface area contributed by atoms with Crippen LogP contribution < -0.4 is 5.32 Å². The van der Waals surface area contributed by atoms with E-state index >= 15 is 0 Å². The van der Waals surface area contributed by atoms with Crippen molar-refractivity contribution in [1.82, 2.24) is 9.97 Å². The molecule has 1 N–H and O–H groups in total. The minimum atomic E-state index is -0.431. The molecule has 2 rings (SSSR count). The zero-order valence-corrected chi connectivity index (χ0v) is 11.5. The molecule has 5 heteroatoms. The van der Waals surface area contributed by atoms with Gasteiger partial charge in [-0.25, -0.2) is 14.8 Å². The fraction of sp³-hybridized carbons (Fsp3) is 0.615. The first-order chi connectivity index (χ1) is 8.69. The van der Waals surface area contributed by atoms with Gasteiger partial charge in [0, 0.05) is 12.2 Å². The molecule has 1 aromatic rings. The molecule has 0 aliphatic heterocycles. The number of carbonyl (C=O) groups is 1. The lowest BCUT2D eigenvalue weighted by Gasteiger charge is -2.06. The highest BCUT2D eigenvalue weighted by Gasteiger charge is 2.21. The SMILES string of the molecule is CC.COC(=O)c1cc(C)nc(NCC2CC2)n1. The normalized spacial score (nSPS) is 13.3. The van der Waals surface area contributed by atoms with Gasteiger partial charge in [-0.1, -0.05) is 13.8 Å². The van der Waals surface area contributed by atoms with Gasteiger partial charge in [0.25, 0.3) is 0 Å². The average Bonchev–Trinajstić information content (AvgIpc) is 3.21. The maximum atomic E-state index is 11.3. The van der Waals surface area contributed by atoms with Crippen LogP contribution in [0.2, 0.25) is 0 Å². The molecule has 1 fully saturated rings. The predicted molar refractivity (Wildman–Crippen MR) is 70.7 cm³/mol. The Balaban J connectivity index is 0.000000771. The maximum absolute atomic E-state index is 11.3. The van der Waals surface area contributed by atoms with E-state index in [1.54, 1.807) is 6.07 Å². The minimum Gasteiger partial charge on any atom is -0.464 e. The van der Waals surface area contributed by atoms with E-state index in [0.717, 1.165) is 18.2 Å². The van der Waals surface area contributed by atoms with Gasteiger partial charge >= 0.3 is 5.97 Å². The standard InChI is InChI=1S/C11H15N3O2.C2H6/c1-7-5-9(10(15)16-2)14-11(13-7)12-6-8-3-4-8;1-2/h5,8H,3-4,6H2,1-2H3,(H,12,13,14);1-2H3. The molecular weight excluding hydrogens is 230 g/mol. The highest BCUT2D eigenvalue weighted by Crippen LogP contribution is 2.28. The van der Waals surface area contributed by atoms with Crippen molar-refractivity contribution >= 4 is 11.9 Å². The van der Waals surface area contributed by atoms with Crippen LogP contribution in [-0.2, 0) is 4.74 Å². The van der Waals surface area contributed by atoms with Gasteiger partial charge in [-0.15, -0.1) is 0 Å². The summed E-state index contributed by atoms with van der Waals surface area (Å²) < 4.78 is 4.63. The maximum Gasteiger partial charge on any atom is 0.356 e. The zero-order chi connectivity index (χ0) is 13.5. The molecule has 100 valence electrons. The molecule has 0 radical (unpaired) electrons. The smallest absolute Gasteiger partial charge is 0.356 e. The van der Waals surface area contributed by atoms with Crippen molar-refractivity contribution in [2.75, 3.05) is 19.0 Å². The molecule has 0 spiro atoms. The first kappa shape index (κ1) is 14.4. The number of hydrogen-bond donors (Lipinski definition) is 1. The fourth-order valence-electron chi connectivity index (χ4n) is 1.41. The molecule has 5 nitrogen and oxygen atoms in total. The predicted octanol–water partition coefficient (Wildman–Crippen LogP) is 2.42. The van der Waals surface area contributed by atoms with Crippen molar-refractivity contribution in [2.24, 2.45) is 5.92 Å². The first-order valence-corrected chi connectivity index (χ1v) is 6.37. The third-order valence-electron chi connectivity index (χ3n) is 2.49. The summed E-state index contributed by atoms with van der Waals surface area (Å²) >= 11 is 0. The van der Waals surface area contributed by atoms with Crippen LogP contribution in [0.15, 0.2) is 6.07 Å². The molecule has 1 aliphatic carbocycles. The number of methoxy groups -OCH3 is 1. The van der Waals surface area contributed by atoms with Crippen molar-refractivity contribution in [3.05, 3.63) is 17.5 Å². The molecule has 1 heterocycles. The number of aryl methyl sites for hydroxylation is 1. The molecule has 1 aliphatic rings. The van der Waals surface area contributed by atoms with Crippen LogP contribution in [0, 0.1) is 12.8 Å². The Labute approximate surface area is 108 Å². The van der Waals surface area contributed by atoms with Crippen LogP contribution in [0.4, 0.5) is 5.95 Å². The van der Waals surface area contributed by atoms with E-state index in [1.165, 1.54) is 20.0 Å². The van der Waals surface area contributed by atoms with Gasteiger partial charge in [0.15, 0.2) is 5.69 Å². The first-order valence-electron chi connectivity index (χ1n) is 6.37. The molecule has 0 aromatic carbocycles. The molecule has 0 saturated heterocycles. The summed E-state index contributed by atoms with van der Waals surface area (Å²) in [5.41, 5.74) is 1.06. The summed E-state index contributed by atoms with van der Waals surface area (Å²) in [4.78, 5) is 19.7. The van der Waals surface area contributed by atoms with Crippen LogP contribution in [0.3, 0.4) is 0 Å². The number of esters is 1. The van der Waals surface area contributed by atoms with Gasteiger partial charge in [-0.3, -0.25) is 0 Å². The highest BCUT2D eigenvalue weighted by molar-refractivity contribution is 5.87. The minimum absolute atomic E-state index is 0.299. The Kier molecular flexibility index (Phi) is 5.55. The van der Waals surface area contributed by atoms with Gasteiger partial charge < -0.3 is 10.1 Å². The number of ether oxygens (including phenoxy) is 1. The van der Waals surface area contributed by atoms with Crippen molar-refractivity contribution in [3.63, 3.8) is 0 Å². The van der Waals surface area contributed by atoms with Crippen LogP contribution in [0.5, 0.6) is 0 Å². The lowest BCUT2D eigenvalue weighted by Crippen LogP contribution is -2.12. The van der Waals surface area contributed by atoms with Crippen LogP contribution in [0.25, 0.3) is 0 Å². The van der Waals surface area contributed by atoms with E-state index in [9.17, 15) is 4.79 Å². The molecule has 18 heavy (non-hydrogen) atoms. The third-order valence-corrected chi connectivity index (χ3v) is 2.49. The monoisotopic (exact) mass is 251 g/mol. The van der Waals surface area contributed by atoms with E-state index < -0.39 is 5.97 Å². The summed E-state index contributed by atoms with van der Waals surface area (Å²) in [6, 6.07) is 1.62. The van der Waals surface area contributed by atoms with Crippen LogP contribution in [0.1, 0.15) is 42.9 Å². The Hall–Kier alpha value is -1.65. The van der Waals surface area contributed by atoms with Gasteiger partial charge in [-0.05, 0) is 31.7 Å².